The zero-order valence-electron chi connectivity index (χ0n) is 14.7. The van der Waals surface area contributed by atoms with Crippen molar-refractivity contribution in [1.82, 2.24) is 9.78 Å². The van der Waals surface area contributed by atoms with Crippen LogP contribution in [-0.4, -0.2) is 41.2 Å². The highest BCUT2D eigenvalue weighted by Gasteiger charge is 2.21. The van der Waals surface area contributed by atoms with E-state index in [1.807, 2.05) is 24.3 Å². The molecule has 0 N–H and O–H groups in total. The molecule has 7 nitrogen and oxygen atoms in total. The summed E-state index contributed by atoms with van der Waals surface area (Å²) in [5.74, 6) is -1.44. The number of carbonyl (C=O) groups excluding carboxylic acids is 3. The number of esters is 2. The van der Waals surface area contributed by atoms with Gasteiger partial charge in [0.25, 0.3) is 0 Å². The third kappa shape index (κ3) is 4.78. The van der Waals surface area contributed by atoms with E-state index in [2.05, 4.69) is 25.8 Å². The average Bonchev–Trinajstić information content (AvgIpc) is 2.92. The Kier molecular flexibility index (Phi) is 6.68. The van der Waals surface area contributed by atoms with E-state index < -0.39 is 18.5 Å². The van der Waals surface area contributed by atoms with Crippen molar-refractivity contribution in [3.63, 3.8) is 0 Å². The molecule has 0 atom stereocenters. The molecule has 0 spiro atoms. The Morgan fingerprint density at radius 2 is 1.77 bits per heavy atom. The van der Waals surface area contributed by atoms with Crippen LogP contribution >= 0.6 is 15.9 Å². The highest BCUT2D eigenvalue weighted by atomic mass is 79.9. The van der Waals surface area contributed by atoms with E-state index in [-0.39, 0.29) is 18.6 Å². The first-order valence-corrected chi connectivity index (χ1v) is 8.70. The molecule has 0 aliphatic carbocycles. The number of hydrogen-bond acceptors (Lipinski definition) is 6. The summed E-state index contributed by atoms with van der Waals surface area (Å²) in [7, 11) is 1.25. The molecule has 0 saturated carbocycles. The summed E-state index contributed by atoms with van der Waals surface area (Å²) in [6.07, 6.45) is -0.0670. The maximum atomic E-state index is 12.4. The summed E-state index contributed by atoms with van der Waals surface area (Å²) < 4.78 is 12.1. The predicted octanol–water partition coefficient (Wildman–Crippen LogP) is 2.93. The van der Waals surface area contributed by atoms with Crippen LogP contribution in [0.5, 0.6) is 0 Å². The van der Waals surface area contributed by atoms with Gasteiger partial charge in [-0.15, -0.1) is 0 Å². The van der Waals surface area contributed by atoms with Gasteiger partial charge in [0.2, 0.25) is 0 Å². The van der Waals surface area contributed by atoms with Crippen molar-refractivity contribution in [3.8, 4) is 5.69 Å². The van der Waals surface area contributed by atoms with E-state index in [0.717, 1.165) is 10.2 Å². The van der Waals surface area contributed by atoms with E-state index in [1.165, 1.54) is 7.11 Å². The Bertz CT molecular complexity index is 827. The first kappa shape index (κ1) is 19.8. The van der Waals surface area contributed by atoms with Gasteiger partial charge in [0, 0.05) is 10.9 Å². The number of aryl methyl sites for hydroxylation is 1. The molecule has 0 radical (unpaired) electrons. The van der Waals surface area contributed by atoms with Crippen LogP contribution < -0.4 is 0 Å². The lowest BCUT2D eigenvalue weighted by atomic mass is 10.2. The molecule has 0 fully saturated rings. The molecule has 138 valence electrons. The summed E-state index contributed by atoms with van der Waals surface area (Å²) in [5, 5.41) is 4.38. The van der Waals surface area contributed by atoms with Crippen LogP contribution in [0.25, 0.3) is 5.69 Å². The van der Waals surface area contributed by atoms with Gasteiger partial charge in [0.15, 0.2) is 5.78 Å². The van der Waals surface area contributed by atoms with E-state index >= 15 is 0 Å². The fourth-order valence-corrected chi connectivity index (χ4v) is 2.67. The standard InChI is InChI=1S/C18H19BrN2O5/c1-11-17(18(24)26-10-15(22)8-9-16(23)25-3)12(2)21(20-11)14-6-4-13(19)5-7-14/h4-7H,8-10H2,1-3H3. The molecule has 1 heterocycles. The van der Waals surface area contributed by atoms with Crippen molar-refractivity contribution in [1.29, 1.82) is 0 Å². The van der Waals surface area contributed by atoms with Gasteiger partial charge < -0.3 is 9.47 Å². The minimum atomic E-state index is -0.616. The molecule has 8 heteroatoms. The van der Waals surface area contributed by atoms with E-state index in [4.69, 9.17) is 4.74 Å². The maximum Gasteiger partial charge on any atom is 0.342 e. The Morgan fingerprint density at radius 1 is 1.12 bits per heavy atom. The van der Waals surface area contributed by atoms with E-state index in [0.29, 0.717) is 17.0 Å². The number of Topliss-reactive ketones (excluding diaryl/α,β-unsaturated/α-hetero) is 1. The molecular formula is C18H19BrN2O5. The van der Waals surface area contributed by atoms with Crippen LogP contribution in [0.4, 0.5) is 0 Å². The third-order valence-electron chi connectivity index (χ3n) is 3.77. The van der Waals surface area contributed by atoms with Gasteiger partial charge >= 0.3 is 11.9 Å². The lowest BCUT2D eigenvalue weighted by Gasteiger charge is -2.06. The lowest BCUT2D eigenvalue weighted by molar-refractivity contribution is -0.142. The van der Waals surface area contributed by atoms with Crippen molar-refractivity contribution in [2.75, 3.05) is 13.7 Å². The molecule has 0 aliphatic rings. The molecule has 0 saturated heterocycles. The summed E-state index contributed by atoms with van der Waals surface area (Å²) >= 11 is 3.37. The fraction of sp³-hybridized carbons (Fsp3) is 0.333. The van der Waals surface area contributed by atoms with Crippen LogP contribution in [0.1, 0.15) is 34.6 Å². The van der Waals surface area contributed by atoms with Crippen molar-refractivity contribution in [3.05, 3.63) is 45.7 Å². The Morgan fingerprint density at radius 3 is 2.38 bits per heavy atom. The predicted molar refractivity (Wildman–Crippen MR) is 97.3 cm³/mol. The monoisotopic (exact) mass is 422 g/mol. The summed E-state index contributed by atoms with van der Waals surface area (Å²) in [5.41, 5.74) is 2.27. The molecule has 1 aromatic heterocycles. The number of methoxy groups -OCH3 is 1. The highest BCUT2D eigenvalue weighted by Crippen LogP contribution is 2.20. The summed E-state index contributed by atoms with van der Waals surface area (Å²) in [4.78, 5) is 35.1. The van der Waals surface area contributed by atoms with Gasteiger partial charge in [0.1, 0.15) is 12.2 Å². The van der Waals surface area contributed by atoms with Crippen LogP contribution in [0.2, 0.25) is 0 Å². The first-order chi connectivity index (χ1) is 12.3. The number of aromatic nitrogens is 2. The molecule has 1 aromatic carbocycles. The Hall–Kier alpha value is -2.48. The fourth-order valence-electron chi connectivity index (χ4n) is 2.41. The summed E-state index contributed by atoms with van der Waals surface area (Å²) in [6, 6.07) is 7.50. The topological polar surface area (TPSA) is 87.5 Å². The quantitative estimate of drug-likeness (QED) is 0.637. The second-order valence-electron chi connectivity index (χ2n) is 5.62. The second-order valence-corrected chi connectivity index (χ2v) is 6.54. The number of ketones is 1. The molecule has 0 unspecified atom stereocenters. The van der Waals surface area contributed by atoms with E-state index in [1.54, 1.807) is 18.5 Å². The van der Waals surface area contributed by atoms with Crippen molar-refractivity contribution in [2.24, 2.45) is 0 Å². The number of hydrogen-bond donors (Lipinski definition) is 0. The average molecular weight is 423 g/mol. The number of carbonyl (C=O) groups is 3. The normalized spacial score (nSPS) is 10.5. The zero-order chi connectivity index (χ0) is 19.3. The largest absolute Gasteiger partial charge is 0.469 e. The van der Waals surface area contributed by atoms with Gasteiger partial charge in [0.05, 0.1) is 30.6 Å². The lowest BCUT2D eigenvalue weighted by Crippen LogP contribution is -2.16. The minimum Gasteiger partial charge on any atom is -0.469 e. The minimum absolute atomic E-state index is 0.0317. The number of ether oxygens (including phenoxy) is 2. The molecular weight excluding hydrogens is 404 g/mol. The SMILES string of the molecule is COC(=O)CCC(=O)COC(=O)c1c(C)nn(-c2ccc(Br)cc2)c1C. The summed E-state index contributed by atoms with van der Waals surface area (Å²) in [6.45, 7) is 3.08. The number of halogens is 1. The molecule has 2 rings (SSSR count). The number of nitrogens with zero attached hydrogens (tertiary/aromatic N) is 2. The van der Waals surface area contributed by atoms with Gasteiger partial charge in [-0.05, 0) is 38.1 Å². The zero-order valence-corrected chi connectivity index (χ0v) is 16.3. The van der Waals surface area contributed by atoms with E-state index in [9.17, 15) is 14.4 Å². The molecule has 0 bridgehead atoms. The van der Waals surface area contributed by atoms with Crippen molar-refractivity contribution < 1.29 is 23.9 Å². The molecule has 26 heavy (non-hydrogen) atoms. The van der Waals surface area contributed by atoms with Gasteiger partial charge in [-0.2, -0.15) is 5.10 Å². The Labute approximate surface area is 159 Å². The van der Waals surface area contributed by atoms with Gasteiger partial charge in [-0.1, -0.05) is 15.9 Å². The first-order valence-electron chi connectivity index (χ1n) is 7.91. The van der Waals surface area contributed by atoms with Gasteiger partial charge in [-0.3, -0.25) is 9.59 Å². The molecule has 2 aromatic rings. The number of benzene rings is 1. The van der Waals surface area contributed by atoms with Crippen molar-refractivity contribution >= 4 is 33.7 Å². The van der Waals surface area contributed by atoms with Crippen LogP contribution in [0.3, 0.4) is 0 Å². The number of rotatable bonds is 7. The van der Waals surface area contributed by atoms with Crippen LogP contribution in [-0.2, 0) is 19.1 Å². The molecule has 0 amide bonds. The van der Waals surface area contributed by atoms with Crippen LogP contribution in [0.15, 0.2) is 28.7 Å². The third-order valence-corrected chi connectivity index (χ3v) is 4.30. The van der Waals surface area contributed by atoms with Crippen molar-refractivity contribution in [2.45, 2.75) is 26.7 Å². The second kappa shape index (κ2) is 8.75. The maximum absolute atomic E-state index is 12.4. The molecule has 0 aliphatic heterocycles. The van der Waals surface area contributed by atoms with Gasteiger partial charge in [-0.25, -0.2) is 9.48 Å². The smallest absolute Gasteiger partial charge is 0.342 e. The van der Waals surface area contributed by atoms with Crippen LogP contribution in [0, 0.1) is 13.8 Å². The highest BCUT2D eigenvalue weighted by molar-refractivity contribution is 9.10. The Balaban J connectivity index is 2.06.